The van der Waals surface area contributed by atoms with Gasteiger partial charge in [0.15, 0.2) is 0 Å². The van der Waals surface area contributed by atoms with Gasteiger partial charge in [0.25, 0.3) is 0 Å². The summed E-state index contributed by atoms with van der Waals surface area (Å²) in [6, 6.07) is -0.621. The number of carbonyl (C=O) groups is 2. The van der Waals surface area contributed by atoms with Gasteiger partial charge in [-0.05, 0) is 10.8 Å². The van der Waals surface area contributed by atoms with Gasteiger partial charge < -0.3 is 15.7 Å². The molecule has 11 heteroatoms. The monoisotopic (exact) mass is 314 g/mol. The van der Waals surface area contributed by atoms with Gasteiger partial charge in [-0.1, -0.05) is 11.8 Å². The lowest BCUT2D eigenvalue weighted by Gasteiger charge is -2.47. The number of nitrogens with two attached hydrogens (primary N) is 1. The van der Waals surface area contributed by atoms with Gasteiger partial charge in [-0.3, -0.25) is 9.59 Å². The molecule has 3 heterocycles. The number of aromatic nitrogens is 4. The predicted octanol–water partition coefficient (Wildman–Crippen LogP) is -1.13. The largest absolute Gasteiger partial charge is 0.480 e. The molecule has 4 N–H and O–H groups in total. The summed E-state index contributed by atoms with van der Waals surface area (Å²) in [5.74, 6) is -0.760. The Morgan fingerprint density at radius 1 is 1.65 bits per heavy atom. The second-order valence-corrected chi connectivity index (χ2v) is 6.37. The molecule has 1 amide bonds. The van der Waals surface area contributed by atoms with E-state index in [-0.39, 0.29) is 11.3 Å². The minimum Gasteiger partial charge on any atom is -0.480 e. The third kappa shape index (κ3) is 2.17. The van der Waals surface area contributed by atoms with Gasteiger partial charge in [0, 0.05) is 12.0 Å². The molecular formula is C9H10N6O3S2. The van der Waals surface area contributed by atoms with Crippen molar-refractivity contribution in [3.8, 4) is 0 Å². The molecule has 106 valence electrons. The molecule has 9 nitrogen and oxygen atoms in total. The van der Waals surface area contributed by atoms with Gasteiger partial charge in [0.05, 0.1) is 0 Å². The van der Waals surface area contributed by atoms with E-state index in [0.29, 0.717) is 16.5 Å². The number of carbonyl (C=O) groups excluding carboxylic acids is 1. The quantitative estimate of drug-likeness (QED) is 0.465. The van der Waals surface area contributed by atoms with Crippen molar-refractivity contribution in [2.24, 2.45) is 5.73 Å². The number of rotatable bonds is 4. The fourth-order valence-electron chi connectivity index (χ4n) is 1.96. The Kier molecular flexibility index (Phi) is 3.40. The summed E-state index contributed by atoms with van der Waals surface area (Å²) in [7, 11) is 0. The zero-order valence-electron chi connectivity index (χ0n) is 9.96. The van der Waals surface area contributed by atoms with E-state index >= 15 is 0 Å². The number of carboxylic acids is 1. The molecule has 2 unspecified atom stereocenters. The minimum absolute atomic E-state index is 0.187. The standard InChI is InChI=1S/C9H10N6O3S2/c10-4-6(16)15-1-3(2-19-9-11-13-14-12-9)5(8(17)18)20-7(4)15/h1,4-5,7H,2,10H2,(H,17,18)(H,11,12,13,14)/t4?,5?,7-/m1/s1. The average Bonchev–Trinajstić information content (AvgIpc) is 2.96. The molecule has 1 aromatic heterocycles. The average molecular weight is 314 g/mol. The van der Waals surface area contributed by atoms with Crippen LogP contribution < -0.4 is 5.73 Å². The topological polar surface area (TPSA) is 138 Å². The van der Waals surface area contributed by atoms with E-state index in [9.17, 15) is 14.7 Å². The van der Waals surface area contributed by atoms with Crippen LogP contribution >= 0.6 is 23.5 Å². The van der Waals surface area contributed by atoms with Gasteiger partial charge in [0.2, 0.25) is 11.1 Å². The number of H-pyrrole nitrogens is 1. The van der Waals surface area contributed by atoms with Crippen molar-refractivity contribution in [2.75, 3.05) is 5.75 Å². The Bertz CT molecular complexity index is 576. The van der Waals surface area contributed by atoms with Crippen molar-refractivity contribution in [3.63, 3.8) is 0 Å². The highest BCUT2D eigenvalue weighted by atomic mass is 32.2. The van der Waals surface area contributed by atoms with E-state index in [0.717, 1.165) is 0 Å². The minimum atomic E-state index is -0.943. The summed E-state index contributed by atoms with van der Waals surface area (Å²) in [5.41, 5.74) is 6.28. The van der Waals surface area contributed by atoms with Crippen LogP contribution in [0.2, 0.25) is 0 Å². The van der Waals surface area contributed by atoms with Crippen LogP contribution in [0.5, 0.6) is 0 Å². The van der Waals surface area contributed by atoms with Crippen LogP contribution in [0.15, 0.2) is 16.9 Å². The summed E-state index contributed by atoms with van der Waals surface area (Å²) in [6.07, 6.45) is 1.58. The summed E-state index contributed by atoms with van der Waals surface area (Å²) >= 11 is 2.44. The predicted molar refractivity (Wildman–Crippen MR) is 70.6 cm³/mol. The maximum absolute atomic E-state index is 11.6. The molecule has 3 atom stereocenters. The molecule has 2 aliphatic rings. The number of fused-ring (bicyclic) bond motifs is 1. The van der Waals surface area contributed by atoms with E-state index < -0.39 is 17.3 Å². The first-order valence-corrected chi connectivity index (χ1v) is 7.53. The number of nitrogens with zero attached hydrogens (tertiary/aromatic N) is 4. The lowest BCUT2D eigenvalue weighted by atomic mass is 10.1. The molecule has 1 fully saturated rings. The molecular weight excluding hydrogens is 304 g/mol. The van der Waals surface area contributed by atoms with Crippen LogP contribution in [-0.4, -0.2) is 64.9 Å². The lowest BCUT2D eigenvalue weighted by molar-refractivity contribution is -0.141. The second-order valence-electron chi connectivity index (χ2n) is 4.20. The molecule has 3 rings (SSSR count). The molecule has 0 aliphatic carbocycles. The van der Waals surface area contributed by atoms with Crippen LogP contribution in [0.3, 0.4) is 0 Å². The SMILES string of the molecule is NC1C(=O)N2C=C(CSc3nn[nH]n3)C(C(=O)O)S[C@H]12. The third-order valence-electron chi connectivity index (χ3n) is 2.96. The maximum Gasteiger partial charge on any atom is 0.321 e. The van der Waals surface area contributed by atoms with Crippen LogP contribution in [-0.2, 0) is 9.59 Å². The first-order chi connectivity index (χ1) is 9.58. The smallest absolute Gasteiger partial charge is 0.321 e. The second kappa shape index (κ2) is 5.07. The number of amides is 1. The molecule has 0 saturated carbocycles. The number of aliphatic carboxylic acids is 1. The van der Waals surface area contributed by atoms with E-state index in [2.05, 4.69) is 20.6 Å². The van der Waals surface area contributed by atoms with Crippen molar-refractivity contribution >= 4 is 35.4 Å². The highest BCUT2D eigenvalue weighted by molar-refractivity contribution is 8.02. The number of β-lactam (4-membered cyclic amide) rings is 1. The number of tetrazole rings is 1. The molecule has 1 aromatic rings. The zero-order chi connectivity index (χ0) is 14.3. The zero-order valence-corrected chi connectivity index (χ0v) is 11.6. The normalized spacial score (nSPS) is 28.6. The van der Waals surface area contributed by atoms with Crippen molar-refractivity contribution in [1.82, 2.24) is 25.5 Å². The number of thioether (sulfide) groups is 2. The molecule has 0 bridgehead atoms. The first-order valence-electron chi connectivity index (χ1n) is 5.61. The Balaban J connectivity index is 1.77. The molecule has 20 heavy (non-hydrogen) atoms. The van der Waals surface area contributed by atoms with Crippen LogP contribution in [0, 0.1) is 0 Å². The molecule has 0 radical (unpaired) electrons. The maximum atomic E-state index is 11.6. The fraction of sp³-hybridized carbons (Fsp3) is 0.444. The molecule has 0 aromatic carbocycles. The van der Waals surface area contributed by atoms with E-state index in [4.69, 9.17) is 5.73 Å². The highest BCUT2D eigenvalue weighted by Gasteiger charge is 2.50. The van der Waals surface area contributed by atoms with E-state index in [1.165, 1.54) is 28.4 Å². The Hall–Kier alpha value is -1.59. The third-order valence-corrected chi connectivity index (χ3v) is 5.44. The van der Waals surface area contributed by atoms with Gasteiger partial charge >= 0.3 is 5.97 Å². The summed E-state index contributed by atoms with van der Waals surface area (Å²) < 4.78 is 0. The van der Waals surface area contributed by atoms with Crippen LogP contribution in [0.25, 0.3) is 0 Å². The molecule has 0 spiro atoms. The number of carboxylic acid groups (broad SMARTS) is 1. The highest BCUT2D eigenvalue weighted by Crippen LogP contribution is 2.40. The Morgan fingerprint density at radius 3 is 3.10 bits per heavy atom. The van der Waals surface area contributed by atoms with Crippen molar-refractivity contribution in [2.45, 2.75) is 21.8 Å². The lowest BCUT2D eigenvalue weighted by Crippen LogP contribution is -2.67. The van der Waals surface area contributed by atoms with Crippen molar-refractivity contribution < 1.29 is 14.7 Å². The van der Waals surface area contributed by atoms with Gasteiger partial charge in [0.1, 0.15) is 16.7 Å². The summed E-state index contributed by atoms with van der Waals surface area (Å²) in [5, 5.41) is 22.0. The Labute approximate surface area is 121 Å². The van der Waals surface area contributed by atoms with Gasteiger partial charge in [-0.25, -0.2) is 0 Å². The molecule has 1 saturated heterocycles. The van der Waals surface area contributed by atoms with Crippen LogP contribution in [0.1, 0.15) is 0 Å². The van der Waals surface area contributed by atoms with Crippen LogP contribution in [0.4, 0.5) is 0 Å². The number of nitrogens with one attached hydrogen (secondary N) is 1. The summed E-state index contributed by atoms with van der Waals surface area (Å²) in [6.45, 7) is 0. The van der Waals surface area contributed by atoms with Gasteiger partial charge in [-0.15, -0.1) is 22.0 Å². The van der Waals surface area contributed by atoms with E-state index in [1.54, 1.807) is 6.20 Å². The first kappa shape index (κ1) is 13.4. The van der Waals surface area contributed by atoms with E-state index in [1.807, 2.05) is 0 Å². The van der Waals surface area contributed by atoms with Crippen molar-refractivity contribution in [3.05, 3.63) is 11.8 Å². The Morgan fingerprint density at radius 2 is 2.45 bits per heavy atom. The number of hydrogen-bond acceptors (Lipinski definition) is 8. The number of hydrogen-bond donors (Lipinski definition) is 3. The number of aromatic amines is 1. The van der Waals surface area contributed by atoms with Crippen molar-refractivity contribution in [1.29, 1.82) is 0 Å². The van der Waals surface area contributed by atoms with Gasteiger partial charge in [-0.2, -0.15) is 5.21 Å². The molecule has 2 aliphatic heterocycles. The fourth-order valence-corrected chi connectivity index (χ4v) is 4.10. The summed E-state index contributed by atoms with van der Waals surface area (Å²) in [4.78, 5) is 24.4.